The normalized spacial score (nSPS) is 20.2. The molecule has 0 spiro atoms. The Labute approximate surface area is 146 Å². The molecule has 0 aliphatic carbocycles. The third kappa shape index (κ3) is 3.16. The highest BCUT2D eigenvalue weighted by Gasteiger charge is 2.48. The van der Waals surface area contributed by atoms with E-state index in [2.05, 4.69) is 5.10 Å². The van der Waals surface area contributed by atoms with Gasteiger partial charge in [-0.3, -0.25) is 14.3 Å². The van der Waals surface area contributed by atoms with E-state index in [-0.39, 0.29) is 16.7 Å². The lowest BCUT2D eigenvalue weighted by molar-refractivity contribution is -0.153. The van der Waals surface area contributed by atoms with E-state index in [0.717, 1.165) is 0 Å². The number of carboxylic acids is 1. The van der Waals surface area contributed by atoms with E-state index in [0.29, 0.717) is 10.5 Å². The van der Waals surface area contributed by atoms with Gasteiger partial charge < -0.3 is 10.0 Å². The van der Waals surface area contributed by atoms with Crippen LogP contribution in [0, 0.1) is 6.92 Å². The molecule has 1 aromatic carbocycles. The van der Waals surface area contributed by atoms with Crippen molar-refractivity contribution in [3.63, 3.8) is 0 Å². The number of alkyl halides is 3. The van der Waals surface area contributed by atoms with Crippen LogP contribution >= 0.6 is 0 Å². The first kappa shape index (κ1) is 18.0. The Bertz CT molecular complexity index is 876. The van der Waals surface area contributed by atoms with E-state index < -0.39 is 36.6 Å². The van der Waals surface area contributed by atoms with Crippen molar-refractivity contribution in [2.24, 2.45) is 7.05 Å². The lowest BCUT2D eigenvalue weighted by Gasteiger charge is -2.40. The number of halogens is 3. The van der Waals surface area contributed by atoms with Crippen molar-refractivity contribution in [3.8, 4) is 0 Å². The lowest BCUT2D eigenvalue weighted by atomic mass is 9.80. The molecule has 26 heavy (non-hydrogen) atoms. The van der Waals surface area contributed by atoms with Gasteiger partial charge >= 0.3 is 12.1 Å². The summed E-state index contributed by atoms with van der Waals surface area (Å²) in [6, 6.07) is 3.26. The summed E-state index contributed by atoms with van der Waals surface area (Å²) >= 11 is 0. The second-order valence-electron chi connectivity index (χ2n) is 6.35. The van der Waals surface area contributed by atoms with Crippen molar-refractivity contribution in [1.29, 1.82) is 0 Å². The second-order valence-corrected chi connectivity index (χ2v) is 6.35. The minimum absolute atomic E-state index is 0.0122. The maximum absolute atomic E-state index is 13.1. The molecule has 1 N–H and O–H groups in total. The number of nitrogens with zero attached hydrogens (tertiary/aromatic N) is 3. The zero-order chi connectivity index (χ0) is 19.2. The fourth-order valence-electron chi connectivity index (χ4n) is 3.35. The molecule has 0 radical (unpaired) electrons. The standard InChI is InChI=1S/C17H16F3N3O3/c1-9-3-4-11-12(5-9)15(24)23(8-17(18,19)20)14(13(11)16(25)26)10-6-21-22(2)7-10/h3-7,13-14H,8H2,1-2H3,(H,25,26). The lowest BCUT2D eigenvalue weighted by Crippen LogP contribution is -2.48. The molecule has 9 heteroatoms. The van der Waals surface area contributed by atoms with Crippen LogP contribution in [-0.4, -0.2) is 44.4 Å². The summed E-state index contributed by atoms with van der Waals surface area (Å²) in [5.74, 6) is -3.47. The number of benzene rings is 1. The molecule has 2 aromatic rings. The van der Waals surface area contributed by atoms with Crippen molar-refractivity contribution < 1.29 is 27.9 Å². The molecule has 1 amide bonds. The Morgan fingerprint density at radius 3 is 2.58 bits per heavy atom. The largest absolute Gasteiger partial charge is 0.481 e. The number of rotatable bonds is 3. The first-order valence-corrected chi connectivity index (χ1v) is 7.78. The minimum atomic E-state index is -4.67. The van der Waals surface area contributed by atoms with E-state index in [1.54, 1.807) is 20.0 Å². The second kappa shape index (κ2) is 6.15. The Morgan fingerprint density at radius 1 is 1.35 bits per heavy atom. The smallest absolute Gasteiger partial charge is 0.406 e. The number of aromatic nitrogens is 2. The van der Waals surface area contributed by atoms with Gasteiger partial charge in [0.05, 0.1) is 12.2 Å². The van der Waals surface area contributed by atoms with E-state index >= 15 is 0 Å². The van der Waals surface area contributed by atoms with Gasteiger partial charge in [0.2, 0.25) is 0 Å². The van der Waals surface area contributed by atoms with Gasteiger partial charge in [0.25, 0.3) is 5.91 Å². The quantitative estimate of drug-likeness (QED) is 0.905. The number of hydrogen-bond acceptors (Lipinski definition) is 3. The van der Waals surface area contributed by atoms with Gasteiger partial charge in [0.15, 0.2) is 0 Å². The fourth-order valence-corrected chi connectivity index (χ4v) is 3.35. The number of carbonyl (C=O) groups is 2. The minimum Gasteiger partial charge on any atom is -0.481 e. The molecule has 138 valence electrons. The zero-order valence-electron chi connectivity index (χ0n) is 14.0. The van der Waals surface area contributed by atoms with E-state index in [4.69, 9.17) is 0 Å². The summed E-state index contributed by atoms with van der Waals surface area (Å²) in [6.07, 6.45) is -1.95. The number of aryl methyl sites for hydroxylation is 2. The Balaban J connectivity index is 2.23. The van der Waals surface area contributed by atoms with Crippen LogP contribution in [0.3, 0.4) is 0 Å². The molecule has 0 bridgehead atoms. The van der Waals surface area contributed by atoms with Crippen molar-refractivity contribution in [1.82, 2.24) is 14.7 Å². The number of fused-ring (bicyclic) bond motifs is 1. The van der Waals surface area contributed by atoms with Gasteiger partial charge in [-0.2, -0.15) is 18.3 Å². The van der Waals surface area contributed by atoms with E-state index in [1.165, 1.54) is 29.2 Å². The maximum Gasteiger partial charge on any atom is 0.406 e. The van der Waals surface area contributed by atoms with Crippen molar-refractivity contribution >= 4 is 11.9 Å². The average molecular weight is 367 g/mol. The van der Waals surface area contributed by atoms with Crippen LogP contribution in [0.5, 0.6) is 0 Å². The van der Waals surface area contributed by atoms with E-state index in [9.17, 15) is 27.9 Å². The molecule has 2 heterocycles. The highest BCUT2D eigenvalue weighted by atomic mass is 19.4. The highest BCUT2D eigenvalue weighted by Crippen LogP contribution is 2.44. The van der Waals surface area contributed by atoms with Gasteiger partial charge in [0.1, 0.15) is 12.5 Å². The first-order chi connectivity index (χ1) is 12.1. The third-order valence-electron chi connectivity index (χ3n) is 4.37. The number of aliphatic carboxylic acids is 1. The molecular formula is C17H16F3N3O3. The average Bonchev–Trinajstić information content (AvgIpc) is 2.94. The highest BCUT2D eigenvalue weighted by molar-refractivity contribution is 6.00. The Hall–Kier alpha value is -2.84. The topological polar surface area (TPSA) is 75.4 Å². The van der Waals surface area contributed by atoms with Crippen molar-refractivity contribution in [2.75, 3.05) is 6.54 Å². The molecule has 1 aliphatic rings. The summed E-state index contributed by atoms with van der Waals surface area (Å²) in [4.78, 5) is 25.4. The van der Waals surface area contributed by atoms with Gasteiger partial charge in [0, 0.05) is 24.4 Å². The SMILES string of the molecule is Cc1ccc2c(c1)C(=O)N(CC(F)(F)F)C(c1cnn(C)c1)C2C(=O)O. The number of carbonyl (C=O) groups excluding carboxylic acids is 1. The van der Waals surface area contributed by atoms with Crippen LogP contribution in [0.4, 0.5) is 13.2 Å². The molecule has 0 saturated heterocycles. The summed E-state index contributed by atoms with van der Waals surface area (Å²) in [5, 5.41) is 13.7. The van der Waals surface area contributed by atoms with Crippen LogP contribution in [0.1, 0.15) is 39.0 Å². The Kier molecular flexibility index (Phi) is 4.25. The predicted molar refractivity (Wildman–Crippen MR) is 84.6 cm³/mol. The zero-order valence-corrected chi connectivity index (χ0v) is 14.0. The first-order valence-electron chi connectivity index (χ1n) is 7.78. The van der Waals surface area contributed by atoms with Crippen LogP contribution < -0.4 is 0 Å². The van der Waals surface area contributed by atoms with Gasteiger partial charge in [-0.1, -0.05) is 17.7 Å². The third-order valence-corrected chi connectivity index (χ3v) is 4.37. The van der Waals surface area contributed by atoms with Crippen LogP contribution in [0.2, 0.25) is 0 Å². The van der Waals surface area contributed by atoms with Gasteiger partial charge in [-0.05, 0) is 18.6 Å². The van der Waals surface area contributed by atoms with Gasteiger partial charge in [-0.25, -0.2) is 0 Å². The molecule has 1 aromatic heterocycles. The maximum atomic E-state index is 13.1. The molecule has 3 rings (SSSR count). The van der Waals surface area contributed by atoms with Gasteiger partial charge in [-0.15, -0.1) is 0 Å². The van der Waals surface area contributed by atoms with E-state index in [1.807, 2.05) is 0 Å². The predicted octanol–water partition coefficient (Wildman–Crippen LogP) is 2.66. The number of carboxylic acid groups (broad SMARTS) is 1. The summed E-state index contributed by atoms with van der Waals surface area (Å²) < 4.78 is 40.7. The molecule has 1 aliphatic heterocycles. The summed E-state index contributed by atoms with van der Waals surface area (Å²) in [7, 11) is 1.56. The summed E-state index contributed by atoms with van der Waals surface area (Å²) in [6.45, 7) is 0.146. The van der Waals surface area contributed by atoms with Crippen LogP contribution in [0.15, 0.2) is 30.6 Å². The molecule has 2 atom stereocenters. The molecule has 0 fully saturated rings. The molecular weight excluding hydrogens is 351 g/mol. The summed E-state index contributed by atoms with van der Waals surface area (Å²) in [5.41, 5.74) is 1.10. The molecule has 0 saturated carbocycles. The Morgan fingerprint density at radius 2 is 2.04 bits per heavy atom. The molecule has 6 nitrogen and oxygen atoms in total. The van der Waals surface area contributed by atoms with Crippen molar-refractivity contribution in [2.45, 2.75) is 25.1 Å². The van der Waals surface area contributed by atoms with Crippen LogP contribution in [-0.2, 0) is 11.8 Å². The fraction of sp³-hybridized carbons (Fsp3) is 0.353. The number of hydrogen-bond donors (Lipinski definition) is 1. The number of amides is 1. The van der Waals surface area contributed by atoms with Crippen molar-refractivity contribution in [3.05, 3.63) is 52.8 Å². The monoisotopic (exact) mass is 367 g/mol. The van der Waals surface area contributed by atoms with Crippen LogP contribution in [0.25, 0.3) is 0 Å². The molecule has 2 unspecified atom stereocenters.